The summed E-state index contributed by atoms with van der Waals surface area (Å²) in [6.07, 6.45) is 6.73. The van der Waals surface area contributed by atoms with E-state index in [0.717, 1.165) is 56.7 Å². The lowest BCUT2D eigenvalue weighted by atomic mass is 9.97. The zero-order chi connectivity index (χ0) is 20.5. The summed E-state index contributed by atoms with van der Waals surface area (Å²) in [7, 11) is 0. The highest BCUT2D eigenvalue weighted by molar-refractivity contribution is 5.80. The minimum Gasteiger partial charge on any atom is -0.357 e. The highest BCUT2D eigenvalue weighted by atomic mass is 15.2. The first kappa shape index (κ1) is 21.9. The highest BCUT2D eigenvalue weighted by Gasteiger charge is 2.22. The van der Waals surface area contributed by atoms with Crippen molar-refractivity contribution in [3.05, 3.63) is 24.4 Å². The Morgan fingerprint density at radius 2 is 2.03 bits per heavy atom. The summed E-state index contributed by atoms with van der Waals surface area (Å²) in [4.78, 5) is 14.5. The van der Waals surface area contributed by atoms with Crippen molar-refractivity contribution in [1.82, 2.24) is 20.5 Å². The minimum atomic E-state index is 0.483. The van der Waals surface area contributed by atoms with Gasteiger partial charge in [-0.3, -0.25) is 4.99 Å². The summed E-state index contributed by atoms with van der Waals surface area (Å²) in [5.41, 5.74) is 0. The van der Waals surface area contributed by atoms with E-state index in [2.05, 4.69) is 58.3 Å². The Bertz CT molecular complexity index is 609. The first-order chi connectivity index (χ1) is 14.1. The van der Waals surface area contributed by atoms with Crippen LogP contribution < -0.4 is 15.5 Å². The van der Waals surface area contributed by atoms with Crippen molar-refractivity contribution in [1.29, 1.82) is 0 Å². The molecule has 0 aliphatic carbocycles. The first-order valence-electron chi connectivity index (χ1n) is 11.6. The van der Waals surface area contributed by atoms with Crippen LogP contribution in [0.4, 0.5) is 5.82 Å². The molecule has 3 heterocycles. The van der Waals surface area contributed by atoms with Gasteiger partial charge in [0.1, 0.15) is 5.82 Å². The van der Waals surface area contributed by atoms with Crippen LogP contribution in [0.15, 0.2) is 29.4 Å². The van der Waals surface area contributed by atoms with Crippen molar-refractivity contribution in [2.45, 2.75) is 52.5 Å². The number of rotatable bonds is 7. The quantitative estimate of drug-likeness (QED) is 0.544. The van der Waals surface area contributed by atoms with Crippen LogP contribution in [0.1, 0.15) is 46.5 Å². The summed E-state index contributed by atoms with van der Waals surface area (Å²) < 4.78 is 0. The molecule has 0 amide bonds. The van der Waals surface area contributed by atoms with E-state index in [4.69, 9.17) is 4.99 Å². The maximum atomic E-state index is 4.96. The lowest BCUT2D eigenvalue weighted by molar-refractivity contribution is 0.162. The average molecular weight is 401 g/mol. The third-order valence-corrected chi connectivity index (χ3v) is 5.89. The fraction of sp³-hybridized carbons (Fsp3) is 0.739. The molecule has 162 valence electrons. The predicted molar refractivity (Wildman–Crippen MR) is 123 cm³/mol. The molecular formula is C23H40N6. The third kappa shape index (κ3) is 7.18. The standard InChI is InChI=1S/C23H40N6/c1-4-24-23(26-16-20-8-7-13-28(18-20)17-19(2)3)27-21-10-14-29(15-11-21)22-9-5-6-12-25-22/h5-6,9,12,19-21H,4,7-8,10-11,13-18H2,1-3H3,(H2,24,26,27). The van der Waals surface area contributed by atoms with Crippen molar-refractivity contribution >= 4 is 11.8 Å². The Labute approximate surface area is 177 Å². The molecule has 0 radical (unpaired) electrons. The van der Waals surface area contributed by atoms with Crippen LogP contribution in [0.25, 0.3) is 0 Å². The summed E-state index contributed by atoms with van der Waals surface area (Å²) in [5.74, 6) is 3.51. The van der Waals surface area contributed by atoms with Crippen LogP contribution >= 0.6 is 0 Å². The maximum absolute atomic E-state index is 4.96. The van der Waals surface area contributed by atoms with E-state index >= 15 is 0 Å². The van der Waals surface area contributed by atoms with E-state index < -0.39 is 0 Å². The van der Waals surface area contributed by atoms with Crippen LogP contribution in [0.5, 0.6) is 0 Å². The van der Waals surface area contributed by atoms with Gasteiger partial charge in [0.15, 0.2) is 5.96 Å². The number of piperidine rings is 2. The van der Waals surface area contributed by atoms with Gasteiger partial charge in [-0.1, -0.05) is 19.9 Å². The van der Waals surface area contributed by atoms with E-state index in [-0.39, 0.29) is 0 Å². The average Bonchev–Trinajstić information content (AvgIpc) is 2.73. The summed E-state index contributed by atoms with van der Waals surface area (Å²) in [5, 5.41) is 7.15. The van der Waals surface area contributed by atoms with Gasteiger partial charge in [-0.2, -0.15) is 0 Å². The number of nitrogens with zero attached hydrogens (tertiary/aromatic N) is 4. The minimum absolute atomic E-state index is 0.483. The molecule has 1 atom stereocenters. The molecule has 0 aromatic carbocycles. The number of aliphatic imine (C=N–C) groups is 1. The Hall–Kier alpha value is -1.82. The fourth-order valence-electron chi connectivity index (χ4n) is 4.51. The molecule has 6 heteroatoms. The third-order valence-electron chi connectivity index (χ3n) is 5.89. The normalized spacial score (nSPS) is 22.1. The van der Waals surface area contributed by atoms with Gasteiger partial charge in [-0.25, -0.2) is 4.98 Å². The van der Waals surface area contributed by atoms with Crippen molar-refractivity contribution in [3.8, 4) is 0 Å². The molecule has 2 N–H and O–H groups in total. The molecule has 2 aliphatic heterocycles. The van der Waals surface area contributed by atoms with E-state index in [0.29, 0.717) is 12.0 Å². The molecule has 1 unspecified atom stereocenters. The van der Waals surface area contributed by atoms with Crippen molar-refractivity contribution in [2.75, 3.05) is 50.7 Å². The van der Waals surface area contributed by atoms with Gasteiger partial charge in [-0.15, -0.1) is 0 Å². The second-order valence-corrected chi connectivity index (χ2v) is 8.97. The number of anilines is 1. The zero-order valence-corrected chi connectivity index (χ0v) is 18.6. The highest BCUT2D eigenvalue weighted by Crippen LogP contribution is 2.19. The Kier molecular flexibility index (Phi) is 8.59. The number of aromatic nitrogens is 1. The number of hydrogen-bond donors (Lipinski definition) is 2. The molecule has 2 saturated heterocycles. The summed E-state index contributed by atoms with van der Waals surface area (Å²) in [6, 6.07) is 6.63. The second kappa shape index (κ2) is 11.4. The number of nitrogens with one attached hydrogen (secondary N) is 2. The van der Waals surface area contributed by atoms with Gasteiger partial charge < -0.3 is 20.4 Å². The molecule has 3 rings (SSSR count). The largest absolute Gasteiger partial charge is 0.357 e. The van der Waals surface area contributed by atoms with Crippen LogP contribution in [0.2, 0.25) is 0 Å². The molecule has 0 saturated carbocycles. The second-order valence-electron chi connectivity index (χ2n) is 8.97. The Morgan fingerprint density at radius 3 is 2.72 bits per heavy atom. The Morgan fingerprint density at radius 1 is 1.21 bits per heavy atom. The summed E-state index contributed by atoms with van der Waals surface area (Å²) in [6.45, 7) is 14.4. The lowest BCUT2D eigenvalue weighted by Crippen LogP contribution is -2.49. The first-order valence-corrected chi connectivity index (χ1v) is 11.6. The van der Waals surface area contributed by atoms with Crippen LogP contribution in [0.3, 0.4) is 0 Å². The molecule has 0 spiro atoms. The number of hydrogen-bond acceptors (Lipinski definition) is 4. The molecule has 1 aromatic heterocycles. The van der Waals surface area contributed by atoms with E-state index in [9.17, 15) is 0 Å². The monoisotopic (exact) mass is 400 g/mol. The van der Waals surface area contributed by atoms with Gasteiger partial charge in [0.05, 0.1) is 0 Å². The molecule has 6 nitrogen and oxygen atoms in total. The number of pyridine rings is 1. The topological polar surface area (TPSA) is 55.8 Å². The Balaban J connectivity index is 1.47. The van der Waals surface area contributed by atoms with E-state index in [1.165, 1.54) is 32.5 Å². The smallest absolute Gasteiger partial charge is 0.191 e. The predicted octanol–water partition coefficient (Wildman–Crippen LogP) is 2.97. The molecule has 2 aliphatic rings. The SMILES string of the molecule is CCNC(=NCC1CCCN(CC(C)C)C1)NC1CCN(c2ccccn2)CC1. The molecule has 1 aromatic rings. The number of likely N-dealkylation sites (tertiary alicyclic amines) is 1. The van der Waals surface area contributed by atoms with Crippen LogP contribution in [-0.2, 0) is 0 Å². The van der Waals surface area contributed by atoms with Gasteiger partial charge >= 0.3 is 0 Å². The van der Waals surface area contributed by atoms with Crippen molar-refractivity contribution < 1.29 is 0 Å². The molecule has 0 bridgehead atoms. The van der Waals surface area contributed by atoms with E-state index in [1.54, 1.807) is 0 Å². The van der Waals surface area contributed by atoms with Gasteiger partial charge in [0, 0.05) is 51.5 Å². The number of guanidine groups is 1. The molecule has 29 heavy (non-hydrogen) atoms. The van der Waals surface area contributed by atoms with E-state index in [1.807, 2.05) is 12.3 Å². The molecule has 2 fully saturated rings. The van der Waals surface area contributed by atoms with Crippen molar-refractivity contribution in [3.63, 3.8) is 0 Å². The van der Waals surface area contributed by atoms with Gasteiger partial charge in [0.25, 0.3) is 0 Å². The van der Waals surface area contributed by atoms with Crippen LogP contribution in [-0.4, -0.2) is 67.7 Å². The maximum Gasteiger partial charge on any atom is 0.191 e. The van der Waals surface area contributed by atoms with Crippen LogP contribution in [0, 0.1) is 11.8 Å². The van der Waals surface area contributed by atoms with Gasteiger partial charge in [-0.05, 0) is 63.1 Å². The lowest BCUT2D eigenvalue weighted by Gasteiger charge is -2.34. The fourth-order valence-corrected chi connectivity index (χ4v) is 4.51. The molecular weight excluding hydrogens is 360 g/mol. The zero-order valence-electron chi connectivity index (χ0n) is 18.6. The van der Waals surface area contributed by atoms with Crippen molar-refractivity contribution in [2.24, 2.45) is 16.8 Å². The van der Waals surface area contributed by atoms with Gasteiger partial charge in [0.2, 0.25) is 0 Å². The summed E-state index contributed by atoms with van der Waals surface area (Å²) >= 11 is 0.